The summed E-state index contributed by atoms with van der Waals surface area (Å²) >= 11 is 0. The molecule has 1 aliphatic heterocycles. The highest BCUT2D eigenvalue weighted by Crippen LogP contribution is 2.31. The molecule has 0 amide bonds. The van der Waals surface area contributed by atoms with Crippen molar-refractivity contribution in [3.8, 4) is 11.5 Å². The Morgan fingerprint density at radius 2 is 2.44 bits per heavy atom. The number of carboxylic acids is 1. The van der Waals surface area contributed by atoms with Gasteiger partial charge in [-0.3, -0.25) is 0 Å². The van der Waals surface area contributed by atoms with Crippen LogP contribution < -0.4 is 9.47 Å². The summed E-state index contributed by atoms with van der Waals surface area (Å²) in [5, 5.41) is 8.61. The number of hydrogen-bond donors (Lipinski definition) is 1. The lowest BCUT2D eigenvalue weighted by Crippen LogP contribution is -2.19. The molecule has 1 aromatic carbocycles. The van der Waals surface area contributed by atoms with Gasteiger partial charge < -0.3 is 14.6 Å². The van der Waals surface area contributed by atoms with Gasteiger partial charge >= 0.3 is 5.97 Å². The van der Waals surface area contributed by atoms with E-state index < -0.39 is 5.97 Å². The second-order valence-corrected chi connectivity index (χ2v) is 4.18. The molecule has 0 radical (unpaired) electrons. The van der Waals surface area contributed by atoms with E-state index in [4.69, 9.17) is 14.6 Å². The molecule has 96 valence electrons. The largest absolute Gasteiger partial charge is 0.494 e. The molecule has 0 bridgehead atoms. The average Bonchev–Trinajstić information content (AvgIpc) is 2.36. The maximum atomic E-state index is 10.5. The van der Waals surface area contributed by atoms with E-state index >= 15 is 0 Å². The molecule has 0 saturated heterocycles. The summed E-state index contributed by atoms with van der Waals surface area (Å²) in [7, 11) is 0. The molecule has 1 heterocycles. The molecule has 1 atom stereocenters. The second-order valence-electron chi connectivity index (χ2n) is 4.18. The van der Waals surface area contributed by atoms with Crippen molar-refractivity contribution in [2.24, 2.45) is 5.92 Å². The molecule has 1 aliphatic rings. The number of ether oxygens (including phenoxy) is 2. The summed E-state index contributed by atoms with van der Waals surface area (Å²) < 4.78 is 11.0. The van der Waals surface area contributed by atoms with Crippen molar-refractivity contribution >= 4 is 5.97 Å². The summed E-state index contributed by atoms with van der Waals surface area (Å²) in [6.45, 7) is 3.08. The molecule has 18 heavy (non-hydrogen) atoms. The highest BCUT2D eigenvalue weighted by Gasteiger charge is 2.18. The minimum Gasteiger partial charge on any atom is -0.494 e. The fourth-order valence-electron chi connectivity index (χ4n) is 1.99. The Hall–Kier alpha value is -1.97. The highest BCUT2D eigenvalue weighted by atomic mass is 16.5. The quantitative estimate of drug-likeness (QED) is 0.830. The monoisotopic (exact) mass is 248 g/mol. The van der Waals surface area contributed by atoms with Crippen LogP contribution in [0.5, 0.6) is 11.5 Å². The SMILES string of the molecule is CCOc1ccc2c(c1)C[C@H](/C=C/C(=O)O)CO2. The van der Waals surface area contributed by atoms with Gasteiger partial charge in [0, 0.05) is 12.0 Å². The van der Waals surface area contributed by atoms with E-state index in [9.17, 15) is 4.79 Å². The van der Waals surface area contributed by atoms with Gasteiger partial charge in [0.15, 0.2) is 0 Å². The maximum absolute atomic E-state index is 10.5. The Kier molecular flexibility index (Phi) is 3.87. The number of aliphatic carboxylic acids is 1. The molecule has 0 aromatic heterocycles. The standard InChI is InChI=1S/C14H16O4/c1-2-17-12-4-5-13-11(8-12)7-10(9-18-13)3-6-14(15)16/h3-6,8,10H,2,7,9H2,1H3,(H,15,16)/b6-3+/t10-/m0/s1. The van der Waals surface area contributed by atoms with Crippen LogP contribution in [0.2, 0.25) is 0 Å². The first kappa shape index (κ1) is 12.5. The highest BCUT2D eigenvalue weighted by molar-refractivity contribution is 5.79. The summed E-state index contributed by atoms with van der Waals surface area (Å²) in [4.78, 5) is 10.5. The van der Waals surface area contributed by atoms with Crippen LogP contribution >= 0.6 is 0 Å². The molecule has 1 aromatic rings. The van der Waals surface area contributed by atoms with Crippen LogP contribution in [0, 0.1) is 5.92 Å². The molecule has 2 rings (SSSR count). The number of fused-ring (bicyclic) bond motifs is 1. The third kappa shape index (κ3) is 3.03. The van der Waals surface area contributed by atoms with Gasteiger partial charge in [0.1, 0.15) is 11.5 Å². The van der Waals surface area contributed by atoms with Crippen LogP contribution in [0.25, 0.3) is 0 Å². The maximum Gasteiger partial charge on any atom is 0.327 e. The van der Waals surface area contributed by atoms with E-state index in [-0.39, 0.29) is 5.92 Å². The Bertz CT molecular complexity index is 465. The van der Waals surface area contributed by atoms with Crippen molar-refractivity contribution in [3.63, 3.8) is 0 Å². The predicted octanol–water partition coefficient (Wildman–Crippen LogP) is 2.28. The van der Waals surface area contributed by atoms with Gasteiger partial charge in [-0.1, -0.05) is 6.08 Å². The predicted molar refractivity (Wildman–Crippen MR) is 67.1 cm³/mol. The van der Waals surface area contributed by atoms with Gasteiger partial charge in [0.05, 0.1) is 13.2 Å². The number of hydrogen-bond acceptors (Lipinski definition) is 3. The molecule has 0 unspecified atom stereocenters. The first-order chi connectivity index (χ1) is 8.69. The second kappa shape index (κ2) is 5.58. The topological polar surface area (TPSA) is 55.8 Å². The van der Waals surface area contributed by atoms with Crippen molar-refractivity contribution in [1.29, 1.82) is 0 Å². The lowest BCUT2D eigenvalue weighted by atomic mass is 9.96. The third-order valence-electron chi connectivity index (χ3n) is 2.79. The first-order valence-electron chi connectivity index (χ1n) is 5.98. The minimum atomic E-state index is -0.927. The fourth-order valence-corrected chi connectivity index (χ4v) is 1.99. The molecule has 1 N–H and O–H groups in total. The van der Waals surface area contributed by atoms with Crippen LogP contribution in [-0.4, -0.2) is 24.3 Å². The molecule has 4 nitrogen and oxygen atoms in total. The molecule has 0 saturated carbocycles. The summed E-state index contributed by atoms with van der Waals surface area (Å²) in [6.07, 6.45) is 3.63. The third-order valence-corrected chi connectivity index (χ3v) is 2.79. The Morgan fingerprint density at radius 3 is 3.17 bits per heavy atom. The van der Waals surface area contributed by atoms with Gasteiger partial charge in [-0.15, -0.1) is 0 Å². The first-order valence-corrected chi connectivity index (χ1v) is 5.98. The van der Waals surface area contributed by atoms with Gasteiger partial charge in [-0.25, -0.2) is 4.79 Å². The number of benzene rings is 1. The van der Waals surface area contributed by atoms with E-state index in [0.717, 1.165) is 23.5 Å². The lowest BCUT2D eigenvalue weighted by Gasteiger charge is -2.23. The zero-order valence-electron chi connectivity index (χ0n) is 10.3. The summed E-state index contributed by atoms with van der Waals surface area (Å²) in [5.74, 6) is 0.857. The van der Waals surface area contributed by atoms with E-state index in [0.29, 0.717) is 13.2 Å². The van der Waals surface area contributed by atoms with Crippen molar-refractivity contribution in [2.75, 3.05) is 13.2 Å². The van der Waals surface area contributed by atoms with Crippen molar-refractivity contribution in [2.45, 2.75) is 13.3 Å². The van der Waals surface area contributed by atoms with Crippen molar-refractivity contribution in [3.05, 3.63) is 35.9 Å². The van der Waals surface area contributed by atoms with E-state index in [1.807, 2.05) is 25.1 Å². The van der Waals surface area contributed by atoms with Gasteiger partial charge in [0.25, 0.3) is 0 Å². The summed E-state index contributed by atoms with van der Waals surface area (Å²) in [6, 6.07) is 5.74. The molecule has 0 fully saturated rings. The molecule has 0 spiro atoms. The normalized spacial score (nSPS) is 18.2. The number of carboxylic acid groups (broad SMARTS) is 1. The Morgan fingerprint density at radius 1 is 1.61 bits per heavy atom. The van der Waals surface area contributed by atoms with E-state index in [1.54, 1.807) is 6.08 Å². The van der Waals surface area contributed by atoms with Gasteiger partial charge in [-0.05, 0) is 37.1 Å². The Balaban J connectivity index is 2.11. The Labute approximate surface area is 106 Å². The van der Waals surface area contributed by atoms with Crippen molar-refractivity contribution < 1.29 is 19.4 Å². The number of rotatable bonds is 4. The molecular formula is C14H16O4. The van der Waals surface area contributed by atoms with Crippen LogP contribution in [-0.2, 0) is 11.2 Å². The van der Waals surface area contributed by atoms with Crippen LogP contribution in [0.1, 0.15) is 12.5 Å². The van der Waals surface area contributed by atoms with E-state index in [1.165, 1.54) is 6.08 Å². The van der Waals surface area contributed by atoms with Crippen molar-refractivity contribution in [1.82, 2.24) is 0 Å². The van der Waals surface area contributed by atoms with Crippen LogP contribution in [0.3, 0.4) is 0 Å². The van der Waals surface area contributed by atoms with Gasteiger partial charge in [0.2, 0.25) is 0 Å². The molecule has 0 aliphatic carbocycles. The summed E-state index contributed by atoms with van der Waals surface area (Å²) in [5.41, 5.74) is 1.06. The van der Waals surface area contributed by atoms with E-state index in [2.05, 4.69) is 0 Å². The smallest absolute Gasteiger partial charge is 0.327 e. The fraction of sp³-hybridized carbons (Fsp3) is 0.357. The van der Waals surface area contributed by atoms with Crippen LogP contribution in [0.15, 0.2) is 30.4 Å². The zero-order valence-corrected chi connectivity index (χ0v) is 10.3. The molecule has 4 heteroatoms. The van der Waals surface area contributed by atoms with Crippen LogP contribution in [0.4, 0.5) is 0 Å². The number of carbonyl (C=O) groups is 1. The molecular weight excluding hydrogens is 232 g/mol. The lowest BCUT2D eigenvalue weighted by molar-refractivity contribution is -0.131. The average molecular weight is 248 g/mol. The minimum absolute atomic E-state index is 0.102. The zero-order chi connectivity index (χ0) is 13.0. The van der Waals surface area contributed by atoms with Gasteiger partial charge in [-0.2, -0.15) is 0 Å².